The van der Waals surface area contributed by atoms with Crippen LogP contribution in [0.3, 0.4) is 0 Å². The molecule has 0 aromatic heterocycles. The average molecular weight is 246 g/mol. The van der Waals surface area contributed by atoms with Crippen LogP contribution >= 0.6 is 0 Å². The maximum atomic E-state index is 6.32. The van der Waals surface area contributed by atoms with Crippen molar-refractivity contribution >= 4 is 0 Å². The van der Waals surface area contributed by atoms with Crippen LogP contribution in [-0.4, -0.2) is 24.5 Å². The molecule has 0 spiro atoms. The van der Waals surface area contributed by atoms with E-state index in [-0.39, 0.29) is 6.04 Å². The average Bonchev–Trinajstić information content (AvgIpc) is 2.77. The van der Waals surface area contributed by atoms with Gasteiger partial charge in [0.25, 0.3) is 0 Å². The maximum Gasteiger partial charge on any atom is 0.0424 e. The van der Waals surface area contributed by atoms with Gasteiger partial charge >= 0.3 is 0 Å². The zero-order chi connectivity index (χ0) is 13.1. The van der Waals surface area contributed by atoms with Gasteiger partial charge in [-0.05, 0) is 37.3 Å². The lowest BCUT2D eigenvalue weighted by Crippen LogP contribution is -2.31. The largest absolute Gasteiger partial charge is 0.323 e. The summed E-state index contributed by atoms with van der Waals surface area (Å²) >= 11 is 0. The monoisotopic (exact) mass is 246 g/mol. The van der Waals surface area contributed by atoms with Gasteiger partial charge < -0.3 is 10.6 Å². The van der Waals surface area contributed by atoms with Crippen LogP contribution in [0, 0.1) is 18.8 Å². The first-order valence-corrected chi connectivity index (χ1v) is 7.10. The molecule has 18 heavy (non-hydrogen) atoms. The Balaban J connectivity index is 1.90. The Bertz CT molecular complexity index is 386. The first kappa shape index (κ1) is 13.6. The minimum absolute atomic E-state index is 0.149. The summed E-state index contributed by atoms with van der Waals surface area (Å²) in [4.78, 5) is 2.53. The Labute approximate surface area is 111 Å². The van der Waals surface area contributed by atoms with Crippen LogP contribution in [0.2, 0.25) is 0 Å². The van der Waals surface area contributed by atoms with Gasteiger partial charge in [0.15, 0.2) is 0 Å². The smallest absolute Gasteiger partial charge is 0.0424 e. The molecular formula is C16H26N2. The molecule has 0 bridgehead atoms. The van der Waals surface area contributed by atoms with Crippen LogP contribution in [0.1, 0.15) is 37.4 Å². The number of aryl methyl sites for hydroxylation is 1. The molecule has 2 N–H and O–H groups in total. The third kappa shape index (κ3) is 3.33. The van der Waals surface area contributed by atoms with E-state index >= 15 is 0 Å². The molecular weight excluding hydrogens is 220 g/mol. The van der Waals surface area contributed by atoms with Crippen molar-refractivity contribution in [2.75, 3.05) is 19.6 Å². The van der Waals surface area contributed by atoms with Gasteiger partial charge in [-0.1, -0.05) is 43.7 Å². The molecule has 0 radical (unpaired) electrons. The normalized spacial score (nSPS) is 22.6. The third-order valence-electron chi connectivity index (χ3n) is 4.18. The fraction of sp³-hybridized carbons (Fsp3) is 0.625. The van der Waals surface area contributed by atoms with Crippen LogP contribution in [0.4, 0.5) is 0 Å². The van der Waals surface area contributed by atoms with Gasteiger partial charge in [0.1, 0.15) is 0 Å². The number of hydrogen-bond acceptors (Lipinski definition) is 2. The van der Waals surface area contributed by atoms with E-state index < -0.39 is 0 Å². The summed E-state index contributed by atoms with van der Waals surface area (Å²) in [5.74, 6) is 1.65. The number of likely N-dealkylation sites (tertiary alicyclic amines) is 1. The Morgan fingerprint density at radius 2 is 2.17 bits per heavy atom. The van der Waals surface area contributed by atoms with Crippen LogP contribution < -0.4 is 5.73 Å². The first-order valence-electron chi connectivity index (χ1n) is 7.10. The molecule has 1 aromatic carbocycles. The van der Waals surface area contributed by atoms with E-state index in [2.05, 4.69) is 49.9 Å². The number of benzene rings is 1. The summed E-state index contributed by atoms with van der Waals surface area (Å²) in [5.41, 5.74) is 8.89. The van der Waals surface area contributed by atoms with Crippen molar-refractivity contribution in [2.24, 2.45) is 17.6 Å². The molecule has 0 aliphatic carbocycles. The molecule has 1 saturated heterocycles. The summed E-state index contributed by atoms with van der Waals surface area (Å²) in [5, 5.41) is 0. The highest BCUT2D eigenvalue weighted by Crippen LogP contribution is 2.25. The zero-order valence-electron chi connectivity index (χ0n) is 11.9. The van der Waals surface area contributed by atoms with Gasteiger partial charge in [-0.25, -0.2) is 0 Å². The van der Waals surface area contributed by atoms with E-state index in [0.29, 0.717) is 0 Å². The Morgan fingerprint density at radius 1 is 1.39 bits per heavy atom. The minimum Gasteiger partial charge on any atom is -0.323 e. The first-order chi connectivity index (χ1) is 8.56. The van der Waals surface area contributed by atoms with Gasteiger partial charge in [-0.2, -0.15) is 0 Å². The standard InChI is InChI=1S/C16H26N2/c1-12(2)15-7-8-18(10-15)11-16(17)14-6-4-5-13(3)9-14/h4-6,9,12,15-16H,7-8,10-11,17H2,1-3H3. The second kappa shape index (κ2) is 5.85. The molecule has 1 heterocycles. The van der Waals surface area contributed by atoms with Gasteiger partial charge in [-0.15, -0.1) is 0 Å². The summed E-state index contributed by atoms with van der Waals surface area (Å²) in [6, 6.07) is 8.73. The quantitative estimate of drug-likeness (QED) is 0.885. The number of rotatable bonds is 4. The molecule has 1 aliphatic rings. The second-order valence-electron chi connectivity index (χ2n) is 6.07. The third-order valence-corrected chi connectivity index (χ3v) is 4.18. The summed E-state index contributed by atoms with van der Waals surface area (Å²) in [6.07, 6.45) is 1.33. The van der Waals surface area contributed by atoms with Crippen molar-refractivity contribution in [1.82, 2.24) is 4.90 Å². The molecule has 100 valence electrons. The summed E-state index contributed by atoms with van der Waals surface area (Å²) in [7, 11) is 0. The molecule has 0 saturated carbocycles. The molecule has 2 unspecified atom stereocenters. The predicted octanol–water partition coefficient (Wildman–Crippen LogP) is 2.97. The van der Waals surface area contributed by atoms with Crippen molar-refractivity contribution in [1.29, 1.82) is 0 Å². The van der Waals surface area contributed by atoms with Gasteiger partial charge in [0.05, 0.1) is 0 Å². The van der Waals surface area contributed by atoms with Crippen LogP contribution in [-0.2, 0) is 0 Å². The summed E-state index contributed by atoms with van der Waals surface area (Å²) < 4.78 is 0. The van der Waals surface area contributed by atoms with Crippen LogP contribution in [0.25, 0.3) is 0 Å². The van der Waals surface area contributed by atoms with E-state index in [0.717, 1.165) is 18.4 Å². The Kier molecular flexibility index (Phi) is 4.41. The predicted molar refractivity (Wildman–Crippen MR) is 77.5 cm³/mol. The highest BCUT2D eigenvalue weighted by Gasteiger charge is 2.25. The van der Waals surface area contributed by atoms with Crippen LogP contribution in [0.15, 0.2) is 24.3 Å². The lowest BCUT2D eigenvalue weighted by molar-refractivity contribution is 0.287. The van der Waals surface area contributed by atoms with E-state index in [1.54, 1.807) is 0 Å². The highest BCUT2D eigenvalue weighted by atomic mass is 15.2. The second-order valence-corrected chi connectivity index (χ2v) is 6.07. The topological polar surface area (TPSA) is 29.3 Å². The van der Waals surface area contributed by atoms with Crippen molar-refractivity contribution in [2.45, 2.75) is 33.2 Å². The molecule has 2 rings (SSSR count). The van der Waals surface area contributed by atoms with E-state index in [4.69, 9.17) is 5.73 Å². The van der Waals surface area contributed by atoms with Gasteiger partial charge in [0, 0.05) is 19.1 Å². The van der Waals surface area contributed by atoms with E-state index in [1.807, 2.05) is 0 Å². The minimum atomic E-state index is 0.149. The number of nitrogens with zero attached hydrogens (tertiary/aromatic N) is 1. The van der Waals surface area contributed by atoms with Crippen molar-refractivity contribution in [3.05, 3.63) is 35.4 Å². The molecule has 1 aliphatic heterocycles. The van der Waals surface area contributed by atoms with Gasteiger partial charge in [0.2, 0.25) is 0 Å². The SMILES string of the molecule is Cc1cccc(C(N)CN2CCC(C(C)C)C2)c1. The van der Waals surface area contributed by atoms with Gasteiger partial charge in [-0.3, -0.25) is 0 Å². The lowest BCUT2D eigenvalue weighted by atomic mass is 9.95. The van der Waals surface area contributed by atoms with Crippen molar-refractivity contribution in [3.63, 3.8) is 0 Å². The highest BCUT2D eigenvalue weighted by molar-refractivity contribution is 5.25. The van der Waals surface area contributed by atoms with Crippen molar-refractivity contribution < 1.29 is 0 Å². The fourth-order valence-electron chi connectivity index (χ4n) is 2.86. The lowest BCUT2D eigenvalue weighted by Gasteiger charge is -2.22. The van der Waals surface area contributed by atoms with Crippen molar-refractivity contribution in [3.8, 4) is 0 Å². The molecule has 0 amide bonds. The molecule has 1 fully saturated rings. The number of hydrogen-bond donors (Lipinski definition) is 1. The Morgan fingerprint density at radius 3 is 2.78 bits per heavy atom. The molecule has 2 nitrogen and oxygen atoms in total. The van der Waals surface area contributed by atoms with E-state index in [1.165, 1.54) is 30.6 Å². The molecule has 2 heteroatoms. The Hall–Kier alpha value is -0.860. The molecule has 1 aromatic rings. The summed E-state index contributed by atoms with van der Waals surface area (Å²) in [6.45, 7) is 10.2. The van der Waals surface area contributed by atoms with Crippen LogP contribution in [0.5, 0.6) is 0 Å². The zero-order valence-corrected chi connectivity index (χ0v) is 11.9. The fourth-order valence-corrected chi connectivity index (χ4v) is 2.86. The maximum absolute atomic E-state index is 6.32. The number of nitrogens with two attached hydrogens (primary N) is 1. The van der Waals surface area contributed by atoms with E-state index in [9.17, 15) is 0 Å². The molecule has 2 atom stereocenters.